The number of aliphatic hydroxyl groups excluding tert-OH is 6. The first-order valence-corrected chi connectivity index (χ1v) is 7.88. The summed E-state index contributed by atoms with van der Waals surface area (Å²) < 4.78 is 10.2. The molecule has 6 atom stereocenters. The molecule has 6 unspecified atom stereocenters. The van der Waals surface area contributed by atoms with Gasteiger partial charge in [0.25, 0.3) is 0 Å². The van der Waals surface area contributed by atoms with Crippen molar-refractivity contribution in [3.8, 4) is 47.4 Å². The molecule has 144 valence electrons. The van der Waals surface area contributed by atoms with Crippen molar-refractivity contribution in [2.45, 2.75) is 36.8 Å². The summed E-state index contributed by atoms with van der Waals surface area (Å²) >= 11 is 0. The highest BCUT2D eigenvalue weighted by Crippen LogP contribution is 2.21. The van der Waals surface area contributed by atoms with E-state index >= 15 is 0 Å². The molecule has 0 aliphatic carbocycles. The van der Waals surface area contributed by atoms with E-state index in [0.717, 1.165) is 0 Å². The summed E-state index contributed by atoms with van der Waals surface area (Å²) in [6, 6.07) is 0. The maximum absolute atomic E-state index is 9.77. The van der Waals surface area contributed by atoms with Gasteiger partial charge < -0.3 is 40.1 Å². The van der Waals surface area contributed by atoms with E-state index in [0.29, 0.717) is 0 Å². The van der Waals surface area contributed by atoms with Gasteiger partial charge in [-0.15, -0.1) is 0 Å². The number of hydrogen-bond acceptors (Lipinski definition) is 8. The maximum Gasteiger partial charge on any atom is 0.186 e. The van der Waals surface area contributed by atoms with E-state index in [2.05, 4.69) is 47.4 Å². The average Bonchev–Trinajstić information content (AvgIpc) is 2.67. The van der Waals surface area contributed by atoms with Crippen LogP contribution in [-0.2, 0) is 9.47 Å². The summed E-state index contributed by atoms with van der Waals surface area (Å²) in [5, 5.41) is 56.3. The highest BCUT2D eigenvalue weighted by molar-refractivity contribution is 5.41. The molecule has 0 radical (unpaired) electrons. The first-order valence-electron chi connectivity index (χ1n) is 7.88. The molecule has 1 heterocycles. The Bertz CT molecular complexity index is 729. The molecule has 8 heteroatoms. The van der Waals surface area contributed by atoms with Crippen molar-refractivity contribution in [2.75, 3.05) is 19.8 Å². The zero-order valence-electron chi connectivity index (χ0n) is 14.2. The normalized spacial score (nSPS) is 27.7. The van der Waals surface area contributed by atoms with Crippen LogP contribution in [0.25, 0.3) is 0 Å². The van der Waals surface area contributed by atoms with Crippen molar-refractivity contribution in [1.29, 1.82) is 0 Å². The van der Waals surface area contributed by atoms with Crippen molar-refractivity contribution < 1.29 is 40.1 Å². The zero-order chi connectivity index (χ0) is 20.1. The van der Waals surface area contributed by atoms with Gasteiger partial charge in [-0.3, -0.25) is 0 Å². The van der Waals surface area contributed by atoms with Gasteiger partial charge in [0.1, 0.15) is 30.5 Å². The van der Waals surface area contributed by atoms with Gasteiger partial charge in [0.05, 0.1) is 19.8 Å². The summed E-state index contributed by atoms with van der Waals surface area (Å²) in [6.07, 6.45) is -5.37. The van der Waals surface area contributed by atoms with Crippen LogP contribution in [0.2, 0.25) is 0 Å². The minimum absolute atomic E-state index is 0.0973. The predicted octanol–water partition coefficient (Wildman–Crippen LogP) is -3.27. The number of aliphatic hydroxyl groups is 6. The monoisotopic (exact) mass is 376 g/mol. The molecule has 0 aromatic carbocycles. The molecule has 0 saturated carbocycles. The second-order valence-electron chi connectivity index (χ2n) is 5.17. The Hall–Kier alpha value is -2.34. The lowest BCUT2D eigenvalue weighted by Crippen LogP contribution is -2.59. The van der Waals surface area contributed by atoms with Crippen LogP contribution in [0.3, 0.4) is 0 Å². The Kier molecular flexibility index (Phi) is 10.9. The van der Waals surface area contributed by atoms with E-state index in [4.69, 9.17) is 19.7 Å². The van der Waals surface area contributed by atoms with E-state index in [1.165, 1.54) is 12.2 Å². The Balaban J connectivity index is 2.46. The molecule has 1 saturated heterocycles. The molecule has 6 N–H and O–H groups in total. The van der Waals surface area contributed by atoms with Gasteiger partial charge in [0.2, 0.25) is 0 Å². The van der Waals surface area contributed by atoms with Gasteiger partial charge in [-0.1, -0.05) is 17.9 Å². The van der Waals surface area contributed by atoms with Crippen LogP contribution in [0.15, 0.2) is 12.2 Å². The topological polar surface area (TPSA) is 140 Å². The fourth-order valence-electron chi connectivity index (χ4n) is 1.87. The predicted molar refractivity (Wildman–Crippen MR) is 93.1 cm³/mol. The number of ether oxygens (including phenoxy) is 2. The molecule has 27 heavy (non-hydrogen) atoms. The molecule has 8 nitrogen and oxygen atoms in total. The van der Waals surface area contributed by atoms with E-state index in [-0.39, 0.29) is 13.2 Å². The molecule has 1 fully saturated rings. The van der Waals surface area contributed by atoms with E-state index in [1.807, 2.05) is 0 Å². The summed E-state index contributed by atoms with van der Waals surface area (Å²) in [7, 11) is 0. The second kappa shape index (κ2) is 12.9. The Labute approximate surface area is 157 Å². The third-order valence-corrected chi connectivity index (χ3v) is 3.20. The lowest BCUT2D eigenvalue weighted by Gasteiger charge is -2.39. The van der Waals surface area contributed by atoms with Crippen LogP contribution in [0.1, 0.15) is 0 Å². The molecule has 0 aromatic rings. The summed E-state index contributed by atoms with van der Waals surface area (Å²) in [6.45, 7) is -1.03. The lowest BCUT2D eigenvalue weighted by atomic mass is 9.99. The van der Waals surface area contributed by atoms with Crippen LogP contribution in [0, 0.1) is 47.4 Å². The minimum Gasteiger partial charge on any atom is -0.394 e. The number of hydrogen-bond donors (Lipinski definition) is 6. The quantitative estimate of drug-likeness (QED) is 0.275. The van der Waals surface area contributed by atoms with Crippen molar-refractivity contribution in [3.63, 3.8) is 0 Å². The molecule has 1 rings (SSSR count). The minimum atomic E-state index is -1.56. The molecule has 1 aliphatic rings. The largest absolute Gasteiger partial charge is 0.394 e. The van der Waals surface area contributed by atoms with Gasteiger partial charge in [0.15, 0.2) is 6.29 Å². The number of rotatable bonds is 5. The smallest absolute Gasteiger partial charge is 0.186 e. The Morgan fingerprint density at radius 3 is 2.26 bits per heavy atom. The molecular weight excluding hydrogens is 356 g/mol. The van der Waals surface area contributed by atoms with Gasteiger partial charge >= 0.3 is 0 Å². The van der Waals surface area contributed by atoms with Gasteiger partial charge in [-0.2, -0.15) is 0 Å². The Morgan fingerprint density at radius 2 is 1.59 bits per heavy atom. The van der Waals surface area contributed by atoms with Crippen LogP contribution in [0.4, 0.5) is 0 Å². The van der Waals surface area contributed by atoms with Crippen LogP contribution >= 0.6 is 0 Å². The molecular formula is C19H20O8. The first-order chi connectivity index (χ1) is 13.0. The third kappa shape index (κ3) is 8.26. The summed E-state index contributed by atoms with van der Waals surface area (Å²) in [5.41, 5.74) is 0. The SMILES string of the molecule is OCC=CC#CC#CC#CC#CC(O)COC1OC(CO)C(O)C(O)C1O. The first kappa shape index (κ1) is 22.7. The molecule has 0 spiro atoms. The van der Waals surface area contributed by atoms with Gasteiger partial charge in [0, 0.05) is 0 Å². The van der Waals surface area contributed by atoms with E-state index < -0.39 is 43.4 Å². The highest BCUT2D eigenvalue weighted by atomic mass is 16.7. The standard InChI is InChI=1S/C19H20O8/c20-11-9-7-5-3-1-2-4-6-8-10-14(22)13-26-19-18(25)17(24)16(23)15(12-21)27-19/h7,9,14-25H,11-13H2. The molecule has 0 amide bonds. The summed E-state index contributed by atoms with van der Waals surface area (Å²) in [4.78, 5) is 0. The van der Waals surface area contributed by atoms with Crippen LogP contribution in [0.5, 0.6) is 0 Å². The number of allylic oxidation sites excluding steroid dienone is 1. The second-order valence-corrected chi connectivity index (χ2v) is 5.17. The van der Waals surface area contributed by atoms with Crippen molar-refractivity contribution in [2.24, 2.45) is 0 Å². The van der Waals surface area contributed by atoms with Crippen molar-refractivity contribution in [3.05, 3.63) is 12.2 Å². The molecule has 0 bridgehead atoms. The third-order valence-electron chi connectivity index (χ3n) is 3.20. The average molecular weight is 376 g/mol. The highest BCUT2D eigenvalue weighted by Gasteiger charge is 2.44. The summed E-state index contributed by atoms with van der Waals surface area (Å²) in [5.74, 6) is 19.4. The zero-order valence-corrected chi connectivity index (χ0v) is 14.2. The van der Waals surface area contributed by atoms with Crippen LogP contribution < -0.4 is 0 Å². The Morgan fingerprint density at radius 1 is 0.926 bits per heavy atom. The molecule has 1 aliphatic heterocycles. The molecule has 0 aromatic heterocycles. The van der Waals surface area contributed by atoms with Gasteiger partial charge in [-0.05, 0) is 41.6 Å². The van der Waals surface area contributed by atoms with E-state index in [1.54, 1.807) is 0 Å². The van der Waals surface area contributed by atoms with Crippen molar-refractivity contribution >= 4 is 0 Å². The van der Waals surface area contributed by atoms with Crippen molar-refractivity contribution in [1.82, 2.24) is 0 Å². The fraction of sp³-hybridized carbons (Fsp3) is 0.474. The van der Waals surface area contributed by atoms with Crippen LogP contribution in [-0.4, -0.2) is 87.3 Å². The lowest BCUT2D eigenvalue weighted by molar-refractivity contribution is -0.303. The maximum atomic E-state index is 9.77. The van der Waals surface area contributed by atoms with E-state index in [9.17, 15) is 20.4 Å². The van der Waals surface area contributed by atoms with Gasteiger partial charge in [-0.25, -0.2) is 0 Å². The fourth-order valence-corrected chi connectivity index (χ4v) is 1.87.